The van der Waals surface area contributed by atoms with E-state index in [-0.39, 0.29) is 0 Å². The average Bonchev–Trinajstić information content (AvgIpc) is 2.94. The van der Waals surface area contributed by atoms with Crippen LogP contribution in [0, 0.1) is 0 Å². The molecule has 8 heteroatoms. The first-order chi connectivity index (χ1) is 18.1. The molecule has 0 spiro atoms. The summed E-state index contributed by atoms with van der Waals surface area (Å²) in [5.74, 6) is 1.21. The zero-order valence-electron chi connectivity index (χ0n) is 21.0. The largest absolute Gasteiger partial charge is 0.493 e. The zero-order chi connectivity index (χ0) is 26.1. The van der Waals surface area contributed by atoms with Gasteiger partial charge in [-0.2, -0.15) is 0 Å². The van der Waals surface area contributed by atoms with Gasteiger partial charge in [0.2, 0.25) is 5.75 Å². The third-order valence-corrected chi connectivity index (χ3v) is 7.66. The van der Waals surface area contributed by atoms with Crippen molar-refractivity contribution in [2.24, 2.45) is 0 Å². The molecule has 0 amide bonds. The number of ether oxygens (including phenoxy) is 3. The van der Waals surface area contributed by atoms with Crippen molar-refractivity contribution in [3.8, 4) is 28.7 Å². The van der Waals surface area contributed by atoms with Crippen LogP contribution in [0.5, 0.6) is 28.7 Å². The molecular formula is C29H30NO6P. The van der Waals surface area contributed by atoms with Gasteiger partial charge in [-0.15, -0.1) is 0 Å². The van der Waals surface area contributed by atoms with Crippen LogP contribution in [-0.2, 0) is 11.1 Å². The number of methoxy groups -OCH3 is 3. The number of para-hydroxylation sites is 2. The van der Waals surface area contributed by atoms with Gasteiger partial charge in [-0.05, 0) is 47.5 Å². The molecule has 0 heterocycles. The van der Waals surface area contributed by atoms with Crippen LogP contribution in [0.2, 0.25) is 0 Å². The summed E-state index contributed by atoms with van der Waals surface area (Å²) >= 11 is 0. The van der Waals surface area contributed by atoms with Gasteiger partial charge in [-0.25, -0.2) is 4.57 Å². The smallest absolute Gasteiger partial charge is 0.452 e. The molecule has 0 aliphatic carbocycles. The Bertz CT molecular complexity index is 1250. The number of hydrogen-bond acceptors (Lipinski definition) is 7. The SMILES string of the molecule is COc1cc(C(NCc2ccccc2)P(=O)(Oc2ccccc2)Oc2ccccc2)cc(OC)c1OC. The summed E-state index contributed by atoms with van der Waals surface area (Å²) < 4.78 is 43.8. The van der Waals surface area contributed by atoms with Gasteiger partial charge >= 0.3 is 7.60 Å². The van der Waals surface area contributed by atoms with E-state index in [0.29, 0.717) is 40.9 Å². The molecule has 192 valence electrons. The van der Waals surface area contributed by atoms with Gasteiger partial charge < -0.3 is 23.3 Å². The van der Waals surface area contributed by atoms with Crippen LogP contribution in [0.3, 0.4) is 0 Å². The molecule has 0 aromatic heterocycles. The van der Waals surface area contributed by atoms with E-state index in [2.05, 4.69) is 5.32 Å². The molecule has 0 bridgehead atoms. The van der Waals surface area contributed by atoms with Gasteiger partial charge in [-0.3, -0.25) is 5.32 Å². The highest BCUT2D eigenvalue weighted by Gasteiger charge is 2.41. The van der Waals surface area contributed by atoms with Crippen LogP contribution in [0.25, 0.3) is 0 Å². The monoisotopic (exact) mass is 519 g/mol. The molecule has 4 aromatic carbocycles. The highest BCUT2D eigenvalue weighted by Crippen LogP contribution is 2.60. The Hall–Kier alpha value is -3.93. The fraction of sp³-hybridized carbons (Fsp3) is 0.172. The second-order valence-corrected chi connectivity index (χ2v) is 10.0. The molecule has 0 aliphatic rings. The molecule has 0 saturated heterocycles. The molecule has 1 atom stereocenters. The molecule has 37 heavy (non-hydrogen) atoms. The van der Waals surface area contributed by atoms with Gasteiger partial charge in [0.15, 0.2) is 17.3 Å². The standard InChI is InChI=1S/C29H30NO6P/c1-32-26-19-23(20-27(33-2)28(26)34-3)29(30-21-22-13-7-4-8-14-22)37(31,35-24-15-9-5-10-16-24)36-25-17-11-6-12-18-25/h4-20,29-30H,21H2,1-3H3. The predicted octanol–water partition coefficient (Wildman–Crippen LogP) is 6.85. The molecule has 1 unspecified atom stereocenters. The molecule has 0 saturated carbocycles. The topological polar surface area (TPSA) is 75.3 Å². The maximum Gasteiger partial charge on any atom is 0.452 e. The Morgan fingerprint density at radius 3 is 1.57 bits per heavy atom. The molecule has 0 radical (unpaired) electrons. The Morgan fingerprint density at radius 2 is 1.14 bits per heavy atom. The van der Waals surface area contributed by atoms with Crippen molar-refractivity contribution in [1.29, 1.82) is 0 Å². The molecule has 1 N–H and O–H groups in total. The quantitative estimate of drug-likeness (QED) is 0.205. The van der Waals surface area contributed by atoms with Gasteiger partial charge in [0, 0.05) is 6.54 Å². The van der Waals surface area contributed by atoms with E-state index in [4.69, 9.17) is 23.3 Å². The number of rotatable bonds is 12. The van der Waals surface area contributed by atoms with E-state index in [1.807, 2.05) is 66.7 Å². The molecule has 4 rings (SSSR count). The maximum atomic E-state index is 14.8. The van der Waals surface area contributed by atoms with Crippen molar-refractivity contribution < 1.29 is 27.8 Å². The first-order valence-electron chi connectivity index (χ1n) is 11.7. The van der Waals surface area contributed by atoms with Gasteiger partial charge in [-0.1, -0.05) is 66.7 Å². The summed E-state index contributed by atoms with van der Waals surface area (Å²) in [6.07, 6.45) is 0. The lowest BCUT2D eigenvalue weighted by Gasteiger charge is -2.29. The fourth-order valence-corrected chi connectivity index (χ4v) is 5.77. The number of hydrogen-bond donors (Lipinski definition) is 1. The molecular weight excluding hydrogens is 489 g/mol. The second-order valence-electron chi connectivity index (χ2n) is 8.08. The van der Waals surface area contributed by atoms with Gasteiger partial charge in [0.1, 0.15) is 11.5 Å². The summed E-state index contributed by atoms with van der Waals surface area (Å²) in [7, 11) is 0.627. The van der Waals surface area contributed by atoms with Crippen molar-refractivity contribution in [2.45, 2.75) is 12.3 Å². The Labute approximate surface area is 217 Å². The Balaban J connectivity index is 1.84. The van der Waals surface area contributed by atoms with E-state index >= 15 is 0 Å². The summed E-state index contributed by atoms with van der Waals surface area (Å²) in [5.41, 5.74) is 1.59. The molecule has 7 nitrogen and oxygen atoms in total. The van der Waals surface area contributed by atoms with E-state index in [1.165, 1.54) is 21.3 Å². The van der Waals surface area contributed by atoms with Crippen molar-refractivity contribution >= 4 is 7.60 Å². The molecule has 0 fully saturated rings. The van der Waals surface area contributed by atoms with Crippen LogP contribution in [0.1, 0.15) is 16.9 Å². The average molecular weight is 520 g/mol. The first kappa shape index (κ1) is 26.1. The minimum Gasteiger partial charge on any atom is -0.493 e. The second kappa shape index (κ2) is 12.3. The normalized spacial score (nSPS) is 11.9. The number of benzene rings is 4. The Kier molecular flexibility index (Phi) is 8.72. The lowest BCUT2D eigenvalue weighted by atomic mass is 10.1. The van der Waals surface area contributed by atoms with Crippen molar-refractivity contribution in [3.63, 3.8) is 0 Å². The fourth-order valence-electron chi connectivity index (χ4n) is 3.86. The van der Waals surface area contributed by atoms with Crippen LogP contribution in [0.15, 0.2) is 103 Å². The van der Waals surface area contributed by atoms with Gasteiger partial charge in [0.05, 0.1) is 21.3 Å². The maximum absolute atomic E-state index is 14.8. The van der Waals surface area contributed by atoms with Crippen molar-refractivity contribution in [1.82, 2.24) is 5.32 Å². The zero-order valence-corrected chi connectivity index (χ0v) is 21.9. The van der Waals surface area contributed by atoms with Crippen LogP contribution >= 0.6 is 7.60 Å². The number of nitrogens with one attached hydrogen (secondary N) is 1. The summed E-state index contributed by atoms with van der Waals surface area (Å²) in [5, 5.41) is 3.41. The van der Waals surface area contributed by atoms with Gasteiger partial charge in [0.25, 0.3) is 0 Å². The van der Waals surface area contributed by atoms with Crippen LogP contribution in [0.4, 0.5) is 0 Å². The third-order valence-electron chi connectivity index (χ3n) is 5.61. The van der Waals surface area contributed by atoms with E-state index < -0.39 is 13.4 Å². The minimum atomic E-state index is -3.98. The lowest BCUT2D eigenvalue weighted by Crippen LogP contribution is -2.25. The van der Waals surface area contributed by atoms with E-state index in [0.717, 1.165) is 5.56 Å². The van der Waals surface area contributed by atoms with E-state index in [9.17, 15) is 4.57 Å². The van der Waals surface area contributed by atoms with Crippen LogP contribution < -0.4 is 28.6 Å². The molecule has 4 aromatic rings. The highest BCUT2D eigenvalue weighted by molar-refractivity contribution is 7.55. The summed E-state index contributed by atoms with van der Waals surface area (Å²) in [6, 6.07) is 31.3. The third kappa shape index (κ3) is 6.45. The highest BCUT2D eigenvalue weighted by atomic mass is 31.2. The van der Waals surface area contributed by atoms with E-state index in [1.54, 1.807) is 36.4 Å². The molecule has 0 aliphatic heterocycles. The summed E-state index contributed by atoms with van der Waals surface area (Å²) in [6.45, 7) is 0.405. The van der Waals surface area contributed by atoms with Crippen molar-refractivity contribution in [3.05, 3.63) is 114 Å². The minimum absolute atomic E-state index is 0.405. The van der Waals surface area contributed by atoms with Crippen LogP contribution in [-0.4, -0.2) is 21.3 Å². The lowest BCUT2D eigenvalue weighted by molar-refractivity contribution is 0.322. The predicted molar refractivity (Wildman–Crippen MR) is 144 cm³/mol. The summed E-state index contributed by atoms with van der Waals surface area (Å²) in [4.78, 5) is 0. The van der Waals surface area contributed by atoms with Crippen molar-refractivity contribution in [2.75, 3.05) is 21.3 Å². The Morgan fingerprint density at radius 1 is 0.676 bits per heavy atom. The first-order valence-corrected chi connectivity index (χ1v) is 13.3.